The highest BCUT2D eigenvalue weighted by Gasteiger charge is 2.25. The maximum Gasteiger partial charge on any atom is 0.339 e. The molecule has 0 saturated carbocycles. The predicted octanol–water partition coefficient (Wildman–Crippen LogP) is -1.57. The summed E-state index contributed by atoms with van der Waals surface area (Å²) >= 11 is 0. The number of hydrogen-bond donors (Lipinski definition) is 5. The average molecular weight is 276 g/mol. The van der Waals surface area contributed by atoms with Crippen LogP contribution in [0, 0.1) is 0 Å². The zero-order valence-electron chi connectivity index (χ0n) is 8.26. The van der Waals surface area contributed by atoms with Crippen LogP contribution >= 0.6 is 15.2 Å². The standard InChI is InChI=1S/C5H14N2O7P2/c6-5(8)1-2-7(3-15(9,10)11)4-16(12,13)14/h1-4H2,(H2,6,8)(H2,9,10,11)(H2,12,13,14). The molecule has 0 bridgehead atoms. The van der Waals surface area contributed by atoms with Crippen molar-refractivity contribution in [1.29, 1.82) is 0 Å². The van der Waals surface area contributed by atoms with Crippen molar-refractivity contribution < 1.29 is 33.5 Å². The van der Waals surface area contributed by atoms with Crippen LogP contribution in [0.1, 0.15) is 6.42 Å². The van der Waals surface area contributed by atoms with Gasteiger partial charge in [0.05, 0.1) is 0 Å². The molecule has 0 saturated heterocycles. The summed E-state index contributed by atoms with van der Waals surface area (Å²) < 4.78 is 21.3. The molecule has 6 N–H and O–H groups in total. The van der Waals surface area contributed by atoms with Crippen LogP contribution in [-0.2, 0) is 13.9 Å². The van der Waals surface area contributed by atoms with Gasteiger partial charge in [0.15, 0.2) is 0 Å². The molecule has 16 heavy (non-hydrogen) atoms. The monoisotopic (exact) mass is 276 g/mol. The molecule has 0 aliphatic carbocycles. The van der Waals surface area contributed by atoms with Gasteiger partial charge in [0.2, 0.25) is 5.91 Å². The first-order valence-corrected chi connectivity index (χ1v) is 7.69. The maximum absolute atomic E-state index is 10.7. The van der Waals surface area contributed by atoms with E-state index in [4.69, 9.17) is 25.3 Å². The topological polar surface area (TPSA) is 161 Å². The van der Waals surface area contributed by atoms with Gasteiger partial charge in [-0.1, -0.05) is 0 Å². The molecule has 96 valence electrons. The normalized spacial score (nSPS) is 13.1. The van der Waals surface area contributed by atoms with Crippen molar-refractivity contribution in [3.05, 3.63) is 0 Å². The van der Waals surface area contributed by atoms with E-state index in [0.29, 0.717) is 0 Å². The third kappa shape index (κ3) is 10.3. The lowest BCUT2D eigenvalue weighted by molar-refractivity contribution is -0.118. The minimum absolute atomic E-state index is 0.217. The fraction of sp³-hybridized carbons (Fsp3) is 0.800. The van der Waals surface area contributed by atoms with E-state index in [1.807, 2.05) is 0 Å². The summed E-state index contributed by atoms with van der Waals surface area (Å²) in [6.07, 6.45) is -1.89. The molecule has 0 aromatic heterocycles. The maximum atomic E-state index is 10.7. The van der Waals surface area contributed by atoms with Gasteiger partial charge < -0.3 is 25.3 Å². The Hall–Kier alpha value is -0.270. The smallest absolute Gasteiger partial charge is 0.339 e. The fourth-order valence-electron chi connectivity index (χ4n) is 0.976. The van der Waals surface area contributed by atoms with Gasteiger partial charge in [0.1, 0.15) is 12.6 Å². The Bertz CT molecular complexity index is 310. The molecule has 0 unspecified atom stereocenters. The Labute approximate surface area is 91.6 Å². The van der Waals surface area contributed by atoms with Crippen LogP contribution in [0.5, 0.6) is 0 Å². The second-order valence-corrected chi connectivity index (χ2v) is 6.45. The third-order valence-electron chi connectivity index (χ3n) is 1.44. The molecule has 0 heterocycles. The number of nitrogens with two attached hydrogens (primary N) is 1. The largest absolute Gasteiger partial charge is 0.370 e. The number of nitrogens with zero attached hydrogens (tertiary/aromatic N) is 1. The van der Waals surface area contributed by atoms with Crippen LogP contribution in [0.25, 0.3) is 0 Å². The van der Waals surface area contributed by atoms with Crippen LogP contribution in [0.2, 0.25) is 0 Å². The van der Waals surface area contributed by atoms with Crippen molar-refractivity contribution in [2.75, 3.05) is 19.1 Å². The van der Waals surface area contributed by atoms with Crippen LogP contribution in [0.15, 0.2) is 0 Å². The number of amides is 1. The van der Waals surface area contributed by atoms with Crippen LogP contribution in [-0.4, -0.2) is 49.5 Å². The quantitative estimate of drug-likeness (QED) is 0.348. The highest BCUT2D eigenvalue weighted by Crippen LogP contribution is 2.40. The molecule has 0 aromatic carbocycles. The Morgan fingerprint density at radius 1 is 1.06 bits per heavy atom. The van der Waals surface area contributed by atoms with Crippen molar-refractivity contribution in [2.45, 2.75) is 6.42 Å². The van der Waals surface area contributed by atoms with Gasteiger partial charge in [-0.3, -0.25) is 18.8 Å². The molecule has 9 nitrogen and oxygen atoms in total. The minimum Gasteiger partial charge on any atom is -0.370 e. The molecule has 1 amide bonds. The number of carbonyl (C=O) groups excluding carboxylic acids is 1. The molecule has 0 aromatic rings. The predicted molar refractivity (Wildman–Crippen MR) is 54.3 cm³/mol. The summed E-state index contributed by atoms with van der Waals surface area (Å²) in [7, 11) is -8.87. The molecule has 11 heteroatoms. The van der Waals surface area contributed by atoms with E-state index >= 15 is 0 Å². The summed E-state index contributed by atoms with van der Waals surface area (Å²) in [5.41, 5.74) is 4.81. The number of rotatable bonds is 7. The van der Waals surface area contributed by atoms with Crippen molar-refractivity contribution in [2.24, 2.45) is 5.73 Å². The molecule has 0 radical (unpaired) electrons. The molecule has 0 rings (SSSR count). The van der Waals surface area contributed by atoms with Crippen molar-refractivity contribution in [3.8, 4) is 0 Å². The first-order valence-electron chi connectivity index (χ1n) is 4.09. The van der Waals surface area contributed by atoms with E-state index < -0.39 is 33.7 Å². The highest BCUT2D eigenvalue weighted by atomic mass is 31.2. The van der Waals surface area contributed by atoms with Crippen molar-refractivity contribution in [1.82, 2.24) is 4.90 Å². The van der Waals surface area contributed by atoms with Crippen molar-refractivity contribution in [3.63, 3.8) is 0 Å². The molecular weight excluding hydrogens is 262 g/mol. The van der Waals surface area contributed by atoms with Gasteiger partial charge in [-0.15, -0.1) is 0 Å². The first-order chi connectivity index (χ1) is 6.99. The van der Waals surface area contributed by atoms with Gasteiger partial charge in [0.25, 0.3) is 0 Å². The molecule has 0 aliphatic heterocycles. The van der Waals surface area contributed by atoms with Gasteiger partial charge >= 0.3 is 15.2 Å². The van der Waals surface area contributed by atoms with Crippen molar-refractivity contribution >= 4 is 21.1 Å². The van der Waals surface area contributed by atoms with E-state index in [0.717, 1.165) is 4.90 Å². The van der Waals surface area contributed by atoms with E-state index in [1.165, 1.54) is 0 Å². The van der Waals surface area contributed by atoms with Gasteiger partial charge in [-0.05, 0) is 0 Å². The second kappa shape index (κ2) is 5.88. The molecule has 0 atom stereocenters. The summed E-state index contributed by atoms with van der Waals surface area (Å²) in [6, 6.07) is 0. The Kier molecular flexibility index (Phi) is 5.78. The van der Waals surface area contributed by atoms with E-state index in [2.05, 4.69) is 0 Å². The van der Waals surface area contributed by atoms with Crippen LogP contribution in [0.3, 0.4) is 0 Å². The number of hydrogen-bond acceptors (Lipinski definition) is 4. The van der Waals surface area contributed by atoms with E-state index in [9.17, 15) is 13.9 Å². The fourth-order valence-corrected chi connectivity index (χ4v) is 2.66. The van der Waals surface area contributed by atoms with Crippen LogP contribution in [0.4, 0.5) is 0 Å². The molecule has 0 fully saturated rings. The molecule has 0 aliphatic rings. The summed E-state index contributed by atoms with van der Waals surface area (Å²) in [5.74, 6) is -0.721. The third-order valence-corrected chi connectivity index (χ3v) is 2.98. The zero-order valence-corrected chi connectivity index (χ0v) is 10.0. The minimum atomic E-state index is -4.44. The lowest BCUT2D eigenvalue weighted by Gasteiger charge is -2.22. The second-order valence-electron chi connectivity index (χ2n) is 3.22. The average Bonchev–Trinajstić information content (AvgIpc) is 1.93. The Balaban J connectivity index is 4.45. The highest BCUT2D eigenvalue weighted by molar-refractivity contribution is 7.52. The van der Waals surface area contributed by atoms with Gasteiger partial charge in [-0.2, -0.15) is 0 Å². The lowest BCUT2D eigenvalue weighted by Crippen LogP contribution is -2.30. The molecule has 0 spiro atoms. The SMILES string of the molecule is NC(=O)CCN(CP(=O)(O)O)CP(=O)(O)O. The van der Waals surface area contributed by atoms with Crippen LogP contribution < -0.4 is 5.73 Å². The number of carbonyl (C=O) groups is 1. The summed E-state index contributed by atoms with van der Waals surface area (Å²) in [4.78, 5) is 45.9. The molecular formula is C5H14N2O7P2. The van der Waals surface area contributed by atoms with Gasteiger partial charge in [0, 0.05) is 13.0 Å². The summed E-state index contributed by atoms with van der Waals surface area (Å²) in [5, 5.41) is 0. The summed E-state index contributed by atoms with van der Waals surface area (Å²) in [6.45, 7) is -0.217. The van der Waals surface area contributed by atoms with Gasteiger partial charge in [-0.25, -0.2) is 0 Å². The Morgan fingerprint density at radius 3 is 1.69 bits per heavy atom. The van der Waals surface area contributed by atoms with E-state index in [-0.39, 0.29) is 13.0 Å². The first kappa shape index (κ1) is 15.7. The lowest BCUT2D eigenvalue weighted by atomic mass is 10.4. The zero-order chi connectivity index (χ0) is 13.0. The van der Waals surface area contributed by atoms with E-state index in [1.54, 1.807) is 0 Å². The Morgan fingerprint density at radius 2 is 1.44 bits per heavy atom. The number of primary amides is 1.